The zero-order valence-electron chi connectivity index (χ0n) is 15.0. The zero-order valence-corrected chi connectivity index (χ0v) is 17.4. The lowest BCUT2D eigenvalue weighted by atomic mass is 10.1. The Balaban J connectivity index is 1.79. The van der Waals surface area contributed by atoms with Crippen LogP contribution in [0, 0.1) is 0 Å². The highest BCUT2D eigenvalue weighted by atomic mass is 79.9. The number of rotatable bonds is 4. The number of benzene rings is 1. The number of carbonyl (C=O) groups excluding carboxylic acids is 1. The average Bonchev–Trinajstić information content (AvgIpc) is 2.91. The van der Waals surface area contributed by atoms with Crippen molar-refractivity contribution in [3.8, 4) is 0 Å². The number of halogens is 1. The molecule has 0 radical (unpaired) electrons. The number of hydrogen-bond acceptors (Lipinski definition) is 3. The van der Waals surface area contributed by atoms with E-state index in [1.165, 1.54) is 23.2 Å². The molecular formula is C19H27BrN2O3S. The van der Waals surface area contributed by atoms with Crippen molar-refractivity contribution in [3.63, 3.8) is 0 Å². The summed E-state index contributed by atoms with van der Waals surface area (Å²) >= 11 is 3.35. The fourth-order valence-corrected chi connectivity index (χ4v) is 6.25. The molecule has 1 aromatic carbocycles. The molecule has 7 heteroatoms. The van der Waals surface area contributed by atoms with Crippen molar-refractivity contribution in [1.29, 1.82) is 0 Å². The van der Waals surface area contributed by atoms with Gasteiger partial charge in [0.15, 0.2) is 0 Å². The number of piperidine rings is 1. The minimum atomic E-state index is -3.58. The molecule has 144 valence electrons. The van der Waals surface area contributed by atoms with Crippen LogP contribution < -0.4 is 5.32 Å². The molecule has 1 N–H and O–H groups in total. The smallest absolute Gasteiger partial charge is 0.251 e. The summed E-state index contributed by atoms with van der Waals surface area (Å²) in [6, 6.07) is 5.06. The second kappa shape index (κ2) is 8.85. The second-order valence-corrected chi connectivity index (χ2v) is 10.0. The van der Waals surface area contributed by atoms with E-state index in [0.29, 0.717) is 23.1 Å². The monoisotopic (exact) mass is 442 g/mol. The number of carbonyl (C=O) groups is 1. The molecule has 3 rings (SSSR count). The predicted octanol–water partition coefficient (Wildman–Crippen LogP) is 4.08. The molecule has 1 heterocycles. The molecule has 1 saturated carbocycles. The minimum absolute atomic E-state index is 0.181. The standard InChI is InChI=1S/C19H27BrN2O3S/c20-17-11-10-15(19(23)21-16-8-4-1-2-5-9-16)14-18(17)26(24,25)22-12-6-3-7-13-22/h10-11,14,16H,1-9,12-13H2,(H,21,23). The third-order valence-corrected chi connectivity index (χ3v) is 8.21. The van der Waals surface area contributed by atoms with E-state index >= 15 is 0 Å². The largest absolute Gasteiger partial charge is 0.349 e. The van der Waals surface area contributed by atoms with Gasteiger partial charge in [0, 0.05) is 29.2 Å². The highest BCUT2D eigenvalue weighted by molar-refractivity contribution is 9.10. The molecule has 1 saturated heterocycles. The summed E-state index contributed by atoms with van der Waals surface area (Å²) in [4.78, 5) is 12.8. The van der Waals surface area contributed by atoms with E-state index in [0.717, 1.165) is 44.9 Å². The Hall–Kier alpha value is -0.920. The van der Waals surface area contributed by atoms with Crippen molar-refractivity contribution in [1.82, 2.24) is 9.62 Å². The summed E-state index contributed by atoms with van der Waals surface area (Å²) in [6.07, 6.45) is 9.57. The van der Waals surface area contributed by atoms with E-state index in [1.54, 1.807) is 12.1 Å². The Labute approximate surface area is 164 Å². The Morgan fingerprint density at radius 3 is 2.27 bits per heavy atom. The van der Waals surface area contributed by atoms with Gasteiger partial charge in [-0.1, -0.05) is 32.1 Å². The van der Waals surface area contributed by atoms with Crippen molar-refractivity contribution in [3.05, 3.63) is 28.2 Å². The number of sulfonamides is 1. The molecule has 0 unspecified atom stereocenters. The zero-order chi connectivity index (χ0) is 18.6. The normalized spacial score (nSPS) is 20.5. The molecule has 1 aliphatic heterocycles. The van der Waals surface area contributed by atoms with Crippen LogP contribution in [0.4, 0.5) is 0 Å². The maximum Gasteiger partial charge on any atom is 0.251 e. The van der Waals surface area contributed by atoms with E-state index in [4.69, 9.17) is 0 Å². The van der Waals surface area contributed by atoms with Crippen LogP contribution in [0.3, 0.4) is 0 Å². The van der Waals surface area contributed by atoms with Gasteiger partial charge in [0.25, 0.3) is 5.91 Å². The van der Waals surface area contributed by atoms with E-state index < -0.39 is 10.0 Å². The van der Waals surface area contributed by atoms with Crippen LogP contribution in [0.5, 0.6) is 0 Å². The quantitative estimate of drug-likeness (QED) is 0.714. The lowest BCUT2D eigenvalue weighted by Crippen LogP contribution is -2.36. The first kappa shape index (κ1) is 19.8. The minimum Gasteiger partial charge on any atom is -0.349 e. The van der Waals surface area contributed by atoms with E-state index in [9.17, 15) is 13.2 Å². The molecule has 26 heavy (non-hydrogen) atoms. The van der Waals surface area contributed by atoms with Crippen molar-refractivity contribution >= 4 is 31.9 Å². The molecule has 1 amide bonds. The van der Waals surface area contributed by atoms with Gasteiger partial charge in [-0.15, -0.1) is 0 Å². The molecule has 0 spiro atoms. The average molecular weight is 443 g/mol. The van der Waals surface area contributed by atoms with Crippen molar-refractivity contribution < 1.29 is 13.2 Å². The fraction of sp³-hybridized carbons (Fsp3) is 0.632. The maximum absolute atomic E-state index is 13.0. The Morgan fingerprint density at radius 1 is 1.00 bits per heavy atom. The van der Waals surface area contributed by atoms with Gasteiger partial charge in [-0.05, 0) is 59.8 Å². The molecule has 1 aromatic rings. The van der Waals surface area contributed by atoms with Gasteiger partial charge in [0.1, 0.15) is 0 Å². The van der Waals surface area contributed by atoms with Gasteiger partial charge in [-0.3, -0.25) is 4.79 Å². The fourth-order valence-electron chi connectivity index (χ4n) is 3.78. The molecule has 0 atom stereocenters. The van der Waals surface area contributed by atoms with Crippen LogP contribution in [0.2, 0.25) is 0 Å². The first-order valence-electron chi connectivity index (χ1n) is 9.59. The molecule has 5 nitrogen and oxygen atoms in total. The SMILES string of the molecule is O=C(NC1CCCCCC1)c1ccc(Br)c(S(=O)(=O)N2CCCCC2)c1. The van der Waals surface area contributed by atoms with E-state index in [-0.39, 0.29) is 16.8 Å². The lowest BCUT2D eigenvalue weighted by molar-refractivity contribution is 0.0933. The molecule has 2 aliphatic rings. The van der Waals surface area contributed by atoms with Gasteiger partial charge in [0.2, 0.25) is 10.0 Å². The number of hydrogen-bond donors (Lipinski definition) is 1. The van der Waals surface area contributed by atoms with Crippen LogP contribution in [0.25, 0.3) is 0 Å². The van der Waals surface area contributed by atoms with E-state index in [2.05, 4.69) is 21.2 Å². The summed E-state index contributed by atoms with van der Waals surface area (Å²) in [5, 5.41) is 3.09. The summed E-state index contributed by atoms with van der Waals surface area (Å²) < 4.78 is 28.0. The topological polar surface area (TPSA) is 66.5 Å². The Morgan fingerprint density at radius 2 is 1.62 bits per heavy atom. The summed E-state index contributed by atoms with van der Waals surface area (Å²) in [5.41, 5.74) is 0.410. The Kier molecular flexibility index (Phi) is 6.75. The predicted molar refractivity (Wildman–Crippen MR) is 106 cm³/mol. The van der Waals surface area contributed by atoms with Crippen molar-refractivity contribution in [2.75, 3.05) is 13.1 Å². The van der Waals surface area contributed by atoms with Crippen LogP contribution in [0.1, 0.15) is 68.1 Å². The van der Waals surface area contributed by atoms with Crippen molar-refractivity contribution in [2.45, 2.75) is 68.7 Å². The third kappa shape index (κ3) is 4.67. The number of nitrogens with zero attached hydrogens (tertiary/aromatic N) is 1. The molecule has 2 fully saturated rings. The second-order valence-electron chi connectivity index (χ2n) is 7.27. The molecule has 0 bridgehead atoms. The Bertz CT molecular complexity index is 737. The van der Waals surface area contributed by atoms with Gasteiger partial charge < -0.3 is 5.32 Å². The molecular weight excluding hydrogens is 416 g/mol. The third-order valence-electron chi connectivity index (χ3n) is 5.32. The van der Waals surface area contributed by atoms with Crippen LogP contribution in [-0.2, 0) is 10.0 Å². The van der Waals surface area contributed by atoms with Gasteiger partial charge in [0.05, 0.1) is 4.90 Å². The first-order valence-corrected chi connectivity index (χ1v) is 11.8. The van der Waals surface area contributed by atoms with Gasteiger partial charge in [-0.25, -0.2) is 8.42 Å². The molecule has 1 aliphatic carbocycles. The van der Waals surface area contributed by atoms with Crippen LogP contribution in [0.15, 0.2) is 27.6 Å². The summed E-state index contributed by atoms with van der Waals surface area (Å²) in [7, 11) is -3.58. The highest BCUT2D eigenvalue weighted by Crippen LogP contribution is 2.28. The highest BCUT2D eigenvalue weighted by Gasteiger charge is 2.28. The number of amides is 1. The number of nitrogens with one attached hydrogen (secondary N) is 1. The first-order chi connectivity index (χ1) is 12.5. The lowest BCUT2D eigenvalue weighted by Gasteiger charge is -2.26. The van der Waals surface area contributed by atoms with Crippen molar-refractivity contribution in [2.24, 2.45) is 0 Å². The molecule has 0 aromatic heterocycles. The maximum atomic E-state index is 13.0. The van der Waals surface area contributed by atoms with Gasteiger partial charge in [-0.2, -0.15) is 4.31 Å². The van der Waals surface area contributed by atoms with E-state index in [1.807, 2.05) is 0 Å². The van der Waals surface area contributed by atoms with Crippen LogP contribution >= 0.6 is 15.9 Å². The summed E-state index contributed by atoms with van der Waals surface area (Å²) in [5.74, 6) is -0.181. The summed E-state index contributed by atoms with van der Waals surface area (Å²) in [6.45, 7) is 1.10. The van der Waals surface area contributed by atoms with Crippen LogP contribution in [-0.4, -0.2) is 37.8 Å². The van der Waals surface area contributed by atoms with Gasteiger partial charge >= 0.3 is 0 Å².